The standard InChI is InChI=1S/C15H17N3OS/c19-15(13-1-2-14-12(17-13)4-6-20-14)16-11-7-10-3-5-18(8-10)9-11/h1-2,4,6,10-11H,3,5,7-9H2,(H,16,19)/t10-,11+/m0/s1. The molecule has 0 aliphatic carbocycles. The van der Waals surface area contributed by atoms with Gasteiger partial charge < -0.3 is 10.2 Å². The molecule has 1 N–H and O–H groups in total. The molecule has 2 fully saturated rings. The van der Waals surface area contributed by atoms with E-state index < -0.39 is 0 Å². The minimum Gasteiger partial charge on any atom is -0.347 e. The average Bonchev–Trinajstić information content (AvgIpc) is 3.04. The molecule has 20 heavy (non-hydrogen) atoms. The Kier molecular flexibility index (Phi) is 2.97. The van der Waals surface area contributed by atoms with Crippen LogP contribution in [0.15, 0.2) is 23.6 Å². The molecule has 1 amide bonds. The number of carbonyl (C=O) groups is 1. The third kappa shape index (κ3) is 2.21. The molecular weight excluding hydrogens is 270 g/mol. The predicted molar refractivity (Wildman–Crippen MR) is 80.0 cm³/mol. The zero-order valence-electron chi connectivity index (χ0n) is 11.2. The molecule has 3 atom stereocenters. The molecule has 2 aromatic heterocycles. The topological polar surface area (TPSA) is 45.2 Å². The van der Waals surface area contributed by atoms with Crippen molar-refractivity contribution < 1.29 is 4.79 Å². The molecule has 5 heteroatoms. The van der Waals surface area contributed by atoms with E-state index in [2.05, 4.69) is 15.2 Å². The molecule has 2 aromatic rings. The van der Waals surface area contributed by atoms with Crippen LogP contribution in [0.25, 0.3) is 10.2 Å². The van der Waals surface area contributed by atoms with Crippen LogP contribution in [0.1, 0.15) is 23.3 Å². The van der Waals surface area contributed by atoms with Crippen LogP contribution in [0.3, 0.4) is 0 Å². The summed E-state index contributed by atoms with van der Waals surface area (Å²) < 4.78 is 1.13. The summed E-state index contributed by atoms with van der Waals surface area (Å²) in [5.41, 5.74) is 1.44. The normalized spacial score (nSPS) is 28.7. The summed E-state index contributed by atoms with van der Waals surface area (Å²) >= 11 is 1.65. The molecule has 104 valence electrons. The molecule has 0 saturated carbocycles. The van der Waals surface area contributed by atoms with Crippen LogP contribution in [0.2, 0.25) is 0 Å². The predicted octanol–water partition coefficient (Wildman–Crippen LogP) is 2.12. The number of piperidine rings is 1. The number of amides is 1. The van der Waals surface area contributed by atoms with Gasteiger partial charge in [0.15, 0.2) is 0 Å². The third-order valence-electron chi connectivity index (χ3n) is 4.34. The van der Waals surface area contributed by atoms with Gasteiger partial charge in [-0.25, -0.2) is 4.98 Å². The molecule has 1 unspecified atom stereocenters. The lowest BCUT2D eigenvalue weighted by Crippen LogP contribution is -2.47. The Labute approximate surface area is 121 Å². The summed E-state index contributed by atoms with van der Waals surface area (Å²) in [5, 5.41) is 5.16. The Balaban J connectivity index is 1.49. The van der Waals surface area contributed by atoms with Crippen molar-refractivity contribution in [2.75, 3.05) is 19.6 Å². The van der Waals surface area contributed by atoms with Crippen molar-refractivity contribution in [3.8, 4) is 0 Å². The molecule has 2 aliphatic rings. The van der Waals surface area contributed by atoms with Gasteiger partial charge in [0.05, 0.1) is 10.2 Å². The lowest BCUT2D eigenvalue weighted by Gasteiger charge is -2.30. The summed E-state index contributed by atoms with van der Waals surface area (Å²) in [6, 6.07) is 6.05. The summed E-state index contributed by atoms with van der Waals surface area (Å²) in [4.78, 5) is 19.2. The van der Waals surface area contributed by atoms with Gasteiger partial charge in [0.1, 0.15) is 5.69 Å². The van der Waals surface area contributed by atoms with E-state index in [0.29, 0.717) is 5.69 Å². The van der Waals surface area contributed by atoms with Gasteiger partial charge in [0.2, 0.25) is 0 Å². The summed E-state index contributed by atoms with van der Waals surface area (Å²) in [6.45, 7) is 3.39. The SMILES string of the molecule is O=C(N[C@@H]1C[C@@H]2CCN(C2)C1)c1ccc2sccc2n1. The number of fused-ring (bicyclic) bond motifs is 3. The van der Waals surface area contributed by atoms with Crippen LogP contribution in [0, 0.1) is 5.92 Å². The number of rotatable bonds is 2. The second-order valence-corrected chi connectivity index (χ2v) is 6.77. The van der Waals surface area contributed by atoms with Gasteiger partial charge in [-0.1, -0.05) is 0 Å². The Bertz CT molecular complexity index is 641. The van der Waals surface area contributed by atoms with Crippen molar-refractivity contribution in [1.82, 2.24) is 15.2 Å². The molecule has 4 nitrogen and oxygen atoms in total. The maximum atomic E-state index is 12.3. The Morgan fingerprint density at radius 1 is 1.35 bits per heavy atom. The number of aromatic nitrogens is 1. The lowest BCUT2D eigenvalue weighted by atomic mass is 9.97. The maximum Gasteiger partial charge on any atom is 0.270 e. The van der Waals surface area contributed by atoms with Crippen LogP contribution in [0.4, 0.5) is 0 Å². The van der Waals surface area contributed by atoms with E-state index in [-0.39, 0.29) is 11.9 Å². The van der Waals surface area contributed by atoms with Gasteiger partial charge in [-0.05, 0) is 48.9 Å². The smallest absolute Gasteiger partial charge is 0.270 e. The van der Waals surface area contributed by atoms with Crippen molar-refractivity contribution in [1.29, 1.82) is 0 Å². The molecule has 4 heterocycles. The van der Waals surface area contributed by atoms with Crippen molar-refractivity contribution in [2.45, 2.75) is 18.9 Å². The number of hydrogen-bond donors (Lipinski definition) is 1. The summed E-state index contributed by atoms with van der Waals surface area (Å²) in [5.74, 6) is 0.729. The number of hydrogen-bond acceptors (Lipinski definition) is 4. The van der Waals surface area contributed by atoms with Crippen LogP contribution in [-0.4, -0.2) is 41.5 Å². The van der Waals surface area contributed by atoms with E-state index >= 15 is 0 Å². The van der Waals surface area contributed by atoms with E-state index in [1.165, 1.54) is 19.5 Å². The first-order chi connectivity index (χ1) is 9.78. The van der Waals surface area contributed by atoms with E-state index in [1.54, 1.807) is 11.3 Å². The first kappa shape index (κ1) is 12.3. The van der Waals surface area contributed by atoms with Gasteiger partial charge in [-0.3, -0.25) is 4.79 Å². The van der Waals surface area contributed by atoms with Crippen molar-refractivity contribution in [3.63, 3.8) is 0 Å². The van der Waals surface area contributed by atoms with Crippen molar-refractivity contribution in [2.24, 2.45) is 5.92 Å². The first-order valence-corrected chi connectivity index (χ1v) is 8.03. The van der Waals surface area contributed by atoms with Crippen LogP contribution in [0.5, 0.6) is 0 Å². The highest BCUT2D eigenvalue weighted by Gasteiger charge is 2.33. The zero-order valence-corrected chi connectivity index (χ0v) is 12.0. The molecule has 0 spiro atoms. The minimum atomic E-state index is -0.0365. The van der Waals surface area contributed by atoms with Gasteiger partial charge in [0, 0.05) is 19.1 Å². The lowest BCUT2D eigenvalue weighted by molar-refractivity contribution is 0.0904. The number of carbonyl (C=O) groups excluding carboxylic acids is 1. The van der Waals surface area contributed by atoms with Gasteiger partial charge in [-0.2, -0.15) is 0 Å². The van der Waals surface area contributed by atoms with Gasteiger partial charge >= 0.3 is 0 Å². The Hall–Kier alpha value is -1.46. The van der Waals surface area contributed by atoms with E-state index in [0.717, 1.165) is 29.1 Å². The molecule has 0 aromatic carbocycles. The quantitative estimate of drug-likeness (QED) is 0.920. The average molecular weight is 287 g/mol. The summed E-state index contributed by atoms with van der Waals surface area (Å²) in [6.07, 6.45) is 2.40. The fraction of sp³-hybridized carbons (Fsp3) is 0.467. The van der Waals surface area contributed by atoms with Gasteiger partial charge in [0.25, 0.3) is 5.91 Å². The first-order valence-electron chi connectivity index (χ1n) is 7.15. The van der Waals surface area contributed by atoms with Gasteiger partial charge in [-0.15, -0.1) is 11.3 Å². The fourth-order valence-corrected chi connectivity index (χ4v) is 4.13. The Morgan fingerprint density at radius 3 is 3.20 bits per heavy atom. The van der Waals surface area contributed by atoms with Crippen LogP contribution in [-0.2, 0) is 0 Å². The second kappa shape index (κ2) is 4.82. The fourth-order valence-electron chi connectivity index (χ4n) is 3.40. The van der Waals surface area contributed by atoms with Crippen molar-refractivity contribution in [3.05, 3.63) is 29.3 Å². The van der Waals surface area contributed by atoms with E-state index in [4.69, 9.17) is 0 Å². The van der Waals surface area contributed by atoms with Crippen LogP contribution < -0.4 is 5.32 Å². The Morgan fingerprint density at radius 2 is 2.30 bits per heavy atom. The van der Waals surface area contributed by atoms with Crippen LogP contribution >= 0.6 is 11.3 Å². The highest BCUT2D eigenvalue weighted by molar-refractivity contribution is 7.17. The monoisotopic (exact) mass is 287 g/mol. The molecule has 2 bridgehead atoms. The molecule has 2 saturated heterocycles. The summed E-state index contributed by atoms with van der Waals surface area (Å²) in [7, 11) is 0. The number of pyridine rings is 1. The largest absolute Gasteiger partial charge is 0.347 e. The second-order valence-electron chi connectivity index (χ2n) is 5.82. The van der Waals surface area contributed by atoms with Crippen molar-refractivity contribution >= 4 is 27.5 Å². The highest BCUT2D eigenvalue weighted by atomic mass is 32.1. The van der Waals surface area contributed by atoms with E-state index in [9.17, 15) is 4.79 Å². The highest BCUT2D eigenvalue weighted by Crippen LogP contribution is 2.27. The number of nitrogens with zero attached hydrogens (tertiary/aromatic N) is 2. The third-order valence-corrected chi connectivity index (χ3v) is 5.21. The maximum absolute atomic E-state index is 12.3. The molecule has 0 radical (unpaired) electrons. The molecule has 4 rings (SSSR count). The molecular formula is C15H17N3OS. The number of nitrogens with one attached hydrogen (secondary N) is 1. The number of thiophene rings is 1. The van der Waals surface area contributed by atoms with E-state index in [1.807, 2.05) is 23.6 Å². The molecule has 2 aliphatic heterocycles. The zero-order chi connectivity index (χ0) is 13.5. The minimum absolute atomic E-state index is 0.0365.